The van der Waals surface area contributed by atoms with E-state index in [4.69, 9.17) is 14.2 Å². The quantitative estimate of drug-likeness (QED) is 0.382. The van der Waals surface area contributed by atoms with Crippen LogP contribution in [-0.4, -0.2) is 32.4 Å². The molecule has 156 valence electrons. The van der Waals surface area contributed by atoms with Crippen LogP contribution >= 0.6 is 0 Å². The molecule has 0 radical (unpaired) electrons. The van der Waals surface area contributed by atoms with Gasteiger partial charge in [0, 0.05) is 0 Å². The summed E-state index contributed by atoms with van der Waals surface area (Å²) in [5.74, 6) is 1.06. The number of ether oxygens (including phenoxy) is 3. The molecule has 0 aromatic heterocycles. The first-order valence-corrected chi connectivity index (χ1v) is 9.33. The smallest absolute Gasteiger partial charge is 0.493 e. The number of carbonyl (C=O) groups is 2. The summed E-state index contributed by atoms with van der Waals surface area (Å²) in [5, 5.41) is 4.31. The zero-order valence-corrected chi connectivity index (χ0v) is 16.9. The Morgan fingerprint density at radius 1 is 1.04 bits per heavy atom. The molecule has 0 saturated heterocycles. The van der Waals surface area contributed by atoms with E-state index in [9.17, 15) is 9.59 Å². The lowest BCUT2D eigenvalue weighted by Gasteiger charge is -2.36. The average Bonchev–Trinajstić information content (AvgIpc) is 2.67. The molecule has 0 amide bonds. The Hall–Kier alpha value is -2.48. The first-order valence-electron chi connectivity index (χ1n) is 9.33. The largest absolute Gasteiger partial charge is 0.543 e. The second-order valence-corrected chi connectivity index (χ2v) is 7.32. The lowest BCUT2D eigenvalue weighted by molar-refractivity contribution is -0.453. The maximum atomic E-state index is 12.0. The van der Waals surface area contributed by atoms with Crippen LogP contribution in [0.5, 0.6) is 11.5 Å². The number of benzene rings is 1. The van der Waals surface area contributed by atoms with E-state index in [-0.39, 0.29) is 17.6 Å². The minimum absolute atomic E-state index is 0.135. The third kappa shape index (κ3) is 5.76. The van der Waals surface area contributed by atoms with Crippen LogP contribution in [0.3, 0.4) is 0 Å². The third-order valence-electron chi connectivity index (χ3n) is 5.04. The summed E-state index contributed by atoms with van der Waals surface area (Å²) in [5.41, 5.74) is 0.135. The molecule has 3 atom stereocenters. The second kappa shape index (κ2) is 10.2. The lowest BCUT2D eigenvalue weighted by Crippen LogP contribution is -2.36. The molecule has 0 spiro atoms. The van der Waals surface area contributed by atoms with Crippen LogP contribution < -0.4 is 9.47 Å². The molecule has 0 aliphatic heterocycles. The highest BCUT2D eigenvalue weighted by Crippen LogP contribution is 2.35. The highest BCUT2D eigenvalue weighted by atomic mass is 17.5. The predicted molar refractivity (Wildman–Crippen MR) is 98.7 cm³/mol. The van der Waals surface area contributed by atoms with Crippen molar-refractivity contribution in [3.8, 4) is 11.5 Å². The summed E-state index contributed by atoms with van der Waals surface area (Å²) < 4.78 is 15.6. The van der Waals surface area contributed by atoms with Crippen molar-refractivity contribution in [1.82, 2.24) is 0 Å². The lowest BCUT2D eigenvalue weighted by atomic mass is 9.75. The van der Waals surface area contributed by atoms with E-state index >= 15 is 0 Å². The average molecular weight is 396 g/mol. The van der Waals surface area contributed by atoms with Crippen molar-refractivity contribution in [1.29, 1.82) is 0 Å². The van der Waals surface area contributed by atoms with Gasteiger partial charge in [-0.2, -0.15) is 0 Å². The van der Waals surface area contributed by atoms with Gasteiger partial charge in [-0.25, -0.2) is 14.5 Å². The summed E-state index contributed by atoms with van der Waals surface area (Å²) in [6, 6.07) is 4.42. The van der Waals surface area contributed by atoms with Gasteiger partial charge >= 0.3 is 12.1 Å². The van der Waals surface area contributed by atoms with E-state index in [0.717, 1.165) is 19.3 Å². The Balaban J connectivity index is 1.83. The number of hydrogen-bond acceptors (Lipinski definition) is 8. The molecular formula is C20H28O8. The molecule has 0 bridgehead atoms. The molecule has 0 heterocycles. The zero-order valence-electron chi connectivity index (χ0n) is 16.9. The van der Waals surface area contributed by atoms with Gasteiger partial charge in [0.05, 0.1) is 24.8 Å². The first-order chi connectivity index (χ1) is 13.3. The van der Waals surface area contributed by atoms with Gasteiger partial charge in [-0.1, -0.05) is 27.2 Å². The van der Waals surface area contributed by atoms with Crippen molar-refractivity contribution in [3.05, 3.63) is 23.8 Å². The van der Waals surface area contributed by atoms with Crippen molar-refractivity contribution in [2.75, 3.05) is 14.2 Å². The first kappa shape index (κ1) is 21.8. The topological polar surface area (TPSA) is 89.5 Å². The van der Waals surface area contributed by atoms with Crippen molar-refractivity contribution < 1.29 is 38.6 Å². The zero-order chi connectivity index (χ0) is 20.7. The Kier molecular flexibility index (Phi) is 7.92. The number of rotatable bonds is 7. The molecule has 1 fully saturated rings. The van der Waals surface area contributed by atoms with Gasteiger partial charge < -0.3 is 14.2 Å². The summed E-state index contributed by atoms with van der Waals surface area (Å²) in [7, 11) is 2.93. The van der Waals surface area contributed by atoms with Gasteiger partial charge in [0.15, 0.2) is 11.5 Å². The maximum Gasteiger partial charge on any atom is 0.543 e. The van der Waals surface area contributed by atoms with Gasteiger partial charge in [-0.3, -0.25) is 4.89 Å². The SMILES string of the molecule is COc1ccc(C(=O)OOOC(=O)OC2CC(C)CCC2C(C)C)cc1OC. The highest BCUT2D eigenvalue weighted by molar-refractivity contribution is 5.89. The molecular weight excluding hydrogens is 368 g/mol. The van der Waals surface area contributed by atoms with Crippen LogP contribution in [0.1, 0.15) is 50.4 Å². The van der Waals surface area contributed by atoms with Crippen molar-refractivity contribution in [2.24, 2.45) is 17.8 Å². The second-order valence-electron chi connectivity index (χ2n) is 7.32. The van der Waals surface area contributed by atoms with E-state index < -0.39 is 12.1 Å². The van der Waals surface area contributed by atoms with Crippen LogP contribution in [0.25, 0.3) is 0 Å². The fraction of sp³-hybridized carbons (Fsp3) is 0.600. The van der Waals surface area contributed by atoms with E-state index in [1.165, 1.54) is 26.4 Å². The summed E-state index contributed by atoms with van der Waals surface area (Å²) in [6.45, 7) is 6.33. The number of carbonyl (C=O) groups excluding carboxylic acids is 2. The number of hydrogen-bond donors (Lipinski definition) is 0. The maximum absolute atomic E-state index is 12.0. The van der Waals surface area contributed by atoms with Gasteiger partial charge in [-0.05, 0) is 48.8 Å². The number of methoxy groups -OCH3 is 2. The van der Waals surface area contributed by atoms with Gasteiger partial charge in [0.2, 0.25) is 0 Å². The fourth-order valence-electron chi connectivity index (χ4n) is 3.48. The molecule has 3 unspecified atom stereocenters. The van der Waals surface area contributed by atoms with Crippen molar-refractivity contribution in [3.63, 3.8) is 0 Å². The van der Waals surface area contributed by atoms with E-state index in [2.05, 4.69) is 35.6 Å². The molecule has 2 rings (SSSR count). The molecule has 8 nitrogen and oxygen atoms in total. The molecule has 0 N–H and O–H groups in total. The summed E-state index contributed by atoms with van der Waals surface area (Å²) >= 11 is 0. The normalized spacial score (nSPS) is 21.7. The van der Waals surface area contributed by atoms with Gasteiger partial charge in [-0.15, -0.1) is 0 Å². The van der Waals surface area contributed by atoms with Gasteiger partial charge in [0.25, 0.3) is 0 Å². The van der Waals surface area contributed by atoms with E-state index in [1.54, 1.807) is 6.07 Å². The molecule has 1 aromatic rings. The Morgan fingerprint density at radius 2 is 1.75 bits per heavy atom. The van der Waals surface area contributed by atoms with E-state index in [0.29, 0.717) is 23.3 Å². The highest BCUT2D eigenvalue weighted by Gasteiger charge is 2.34. The molecule has 1 aliphatic rings. The van der Waals surface area contributed by atoms with Crippen LogP contribution in [0.4, 0.5) is 4.79 Å². The molecule has 1 aromatic carbocycles. The van der Waals surface area contributed by atoms with Crippen molar-refractivity contribution >= 4 is 12.1 Å². The predicted octanol–water partition coefficient (Wildman–Crippen LogP) is 4.32. The van der Waals surface area contributed by atoms with Crippen LogP contribution in [-0.2, 0) is 19.6 Å². The molecule has 8 heteroatoms. The summed E-state index contributed by atoms with van der Waals surface area (Å²) in [6.07, 6.45) is 1.58. The Morgan fingerprint density at radius 3 is 2.39 bits per heavy atom. The van der Waals surface area contributed by atoms with Gasteiger partial charge in [0.1, 0.15) is 6.10 Å². The minimum atomic E-state index is -1.04. The van der Waals surface area contributed by atoms with Crippen molar-refractivity contribution in [2.45, 2.75) is 46.1 Å². The Labute approximate surface area is 164 Å². The molecule has 1 aliphatic carbocycles. The monoisotopic (exact) mass is 396 g/mol. The molecule has 28 heavy (non-hydrogen) atoms. The fourth-order valence-corrected chi connectivity index (χ4v) is 3.48. The summed E-state index contributed by atoms with van der Waals surface area (Å²) in [4.78, 5) is 32.8. The van der Waals surface area contributed by atoms with Crippen LogP contribution in [0.15, 0.2) is 18.2 Å². The van der Waals surface area contributed by atoms with E-state index in [1.807, 2.05) is 0 Å². The van der Waals surface area contributed by atoms with Crippen LogP contribution in [0, 0.1) is 17.8 Å². The molecule has 1 saturated carbocycles. The standard InChI is InChI=1S/C20H28O8/c1-12(2)15-8-6-13(3)10-17(15)25-20(22)27-28-26-19(21)14-7-9-16(23-4)18(11-14)24-5/h7,9,11-13,15,17H,6,8,10H2,1-5H3. The third-order valence-corrected chi connectivity index (χ3v) is 5.04. The minimum Gasteiger partial charge on any atom is -0.493 e. The van der Waals surface area contributed by atoms with Crippen LogP contribution in [0.2, 0.25) is 0 Å². The Bertz CT molecular complexity index is 672.